The molecule has 6 rings (SSSR count). The highest BCUT2D eigenvalue weighted by molar-refractivity contribution is 7.89. The number of aliphatic hydroxyl groups is 1. The molecule has 1 saturated heterocycles. The number of fused-ring (bicyclic) bond motifs is 7. The quantitative estimate of drug-likeness (QED) is 0.239. The molecule has 254 valence electrons. The lowest BCUT2D eigenvalue weighted by Crippen LogP contribution is -2.66. The number of hydrogen-bond acceptors (Lipinski definition) is 4. The van der Waals surface area contributed by atoms with Gasteiger partial charge >= 0.3 is 5.97 Å². The summed E-state index contributed by atoms with van der Waals surface area (Å²) in [6.45, 7) is 19.5. The van der Waals surface area contributed by atoms with Crippen LogP contribution in [0.1, 0.15) is 111 Å². The monoisotopic (exact) mass is 651 g/mol. The van der Waals surface area contributed by atoms with E-state index in [1.807, 2.05) is 0 Å². The van der Waals surface area contributed by atoms with Crippen LogP contribution < -0.4 is 0 Å². The van der Waals surface area contributed by atoms with E-state index < -0.39 is 21.5 Å². The molecule has 5 aliphatic rings. The molecule has 0 bridgehead atoms. The second-order valence-corrected chi connectivity index (χ2v) is 19.1. The van der Waals surface area contributed by atoms with Crippen molar-refractivity contribution in [2.45, 2.75) is 116 Å². The summed E-state index contributed by atoms with van der Waals surface area (Å²) < 4.78 is 30.5. The number of carboxylic acid groups (broad SMARTS) is 1. The third-order valence-corrected chi connectivity index (χ3v) is 17.4. The van der Waals surface area contributed by atoms with Gasteiger partial charge in [0.25, 0.3) is 0 Å². The average molecular weight is 652 g/mol. The van der Waals surface area contributed by atoms with Crippen molar-refractivity contribution in [1.82, 2.24) is 4.31 Å². The van der Waals surface area contributed by atoms with Crippen molar-refractivity contribution in [1.29, 1.82) is 0 Å². The number of benzene rings is 1. The number of hydrogen-bond donors (Lipinski definition) is 2. The molecule has 6 nitrogen and oxygen atoms in total. The Morgan fingerprint density at radius 3 is 2.26 bits per heavy atom. The van der Waals surface area contributed by atoms with Gasteiger partial charge in [0.05, 0.1) is 4.90 Å². The topological polar surface area (TPSA) is 94.9 Å². The van der Waals surface area contributed by atoms with E-state index in [4.69, 9.17) is 5.11 Å². The average Bonchev–Trinajstić information content (AvgIpc) is 3.34. The lowest BCUT2D eigenvalue weighted by molar-refractivity contribution is -0.228. The number of carboxylic acids is 1. The highest BCUT2D eigenvalue weighted by Crippen LogP contribution is 2.76. The van der Waals surface area contributed by atoms with E-state index in [0.29, 0.717) is 42.4 Å². The van der Waals surface area contributed by atoms with Crippen LogP contribution in [0, 0.1) is 51.2 Å². The summed E-state index contributed by atoms with van der Waals surface area (Å²) in [7, 11) is -3.77. The van der Waals surface area contributed by atoms with E-state index in [0.717, 1.165) is 51.0 Å². The molecule has 0 amide bonds. The molecule has 1 aromatic rings. The lowest BCUT2D eigenvalue weighted by atomic mass is 9.33. The van der Waals surface area contributed by atoms with Gasteiger partial charge in [-0.2, -0.15) is 4.31 Å². The first-order chi connectivity index (χ1) is 21.5. The first kappa shape index (κ1) is 33.9. The molecule has 1 heterocycles. The minimum atomic E-state index is -3.77. The van der Waals surface area contributed by atoms with Crippen molar-refractivity contribution in [3.8, 4) is 0 Å². The van der Waals surface area contributed by atoms with Crippen LogP contribution in [0.5, 0.6) is 0 Å². The smallest absolute Gasteiger partial charge is 0.328 e. The summed E-state index contributed by atoms with van der Waals surface area (Å²) in [6.07, 6.45) is 13.5. The maximum Gasteiger partial charge on any atom is 0.328 e. The van der Waals surface area contributed by atoms with Gasteiger partial charge < -0.3 is 10.2 Å². The van der Waals surface area contributed by atoms with Crippen LogP contribution in [-0.4, -0.2) is 47.6 Å². The van der Waals surface area contributed by atoms with Crippen molar-refractivity contribution in [3.05, 3.63) is 48.1 Å². The summed E-state index contributed by atoms with van der Waals surface area (Å²) in [5.41, 5.74) is 1.81. The summed E-state index contributed by atoms with van der Waals surface area (Å²) in [6, 6.07) is 6.61. The van der Waals surface area contributed by atoms with Crippen LogP contribution in [-0.2, 0) is 14.8 Å². The largest absolute Gasteiger partial charge is 0.478 e. The van der Waals surface area contributed by atoms with Gasteiger partial charge in [-0.05, 0) is 160 Å². The zero-order valence-corrected chi connectivity index (χ0v) is 29.8. The fourth-order valence-electron chi connectivity index (χ4n) is 13.0. The Morgan fingerprint density at radius 2 is 1.63 bits per heavy atom. The first-order valence-electron chi connectivity index (χ1n) is 17.8. The number of aliphatic carboxylic acids is 1. The molecule has 4 aliphatic carbocycles. The number of rotatable bonds is 6. The Hall–Kier alpha value is -1.96. The Bertz CT molecular complexity index is 1510. The van der Waals surface area contributed by atoms with Gasteiger partial charge in [0.1, 0.15) is 0 Å². The molecule has 9 atom stereocenters. The molecule has 0 radical (unpaired) electrons. The van der Waals surface area contributed by atoms with E-state index >= 15 is 0 Å². The van der Waals surface area contributed by atoms with Crippen LogP contribution in [0.3, 0.4) is 0 Å². The fraction of sp³-hybridized carbons (Fsp3) is 0.718. The zero-order valence-electron chi connectivity index (χ0n) is 29.0. The maximum atomic E-state index is 14.3. The van der Waals surface area contributed by atoms with Crippen LogP contribution in [0.2, 0.25) is 0 Å². The van der Waals surface area contributed by atoms with Crippen molar-refractivity contribution in [2.75, 3.05) is 13.2 Å². The van der Waals surface area contributed by atoms with Crippen molar-refractivity contribution >= 4 is 22.1 Å². The molecule has 4 saturated carbocycles. The van der Waals surface area contributed by atoms with E-state index in [1.54, 1.807) is 28.6 Å². The summed E-state index contributed by atoms with van der Waals surface area (Å²) in [5, 5.41) is 19.8. The van der Waals surface area contributed by atoms with Gasteiger partial charge in [-0.15, -0.1) is 0 Å². The molecule has 1 aromatic carbocycles. The number of carbonyl (C=O) groups is 1. The molecular weight excluding hydrogens is 594 g/mol. The molecule has 46 heavy (non-hydrogen) atoms. The van der Waals surface area contributed by atoms with Crippen LogP contribution in [0.4, 0.5) is 0 Å². The number of sulfonamides is 1. The minimum absolute atomic E-state index is 0.0230. The first-order valence-corrected chi connectivity index (χ1v) is 19.2. The van der Waals surface area contributed by atoms with E-state index in [9.17, 15) is 18.3 Å². The fourth-order valence-corrected chi connectivity index (χ4v) is 14.8. The van der Waals surface area contributed by atoms with E-state index in [2.05, 4.69) is 48.1 Å². The van der Waals surface area contributed by atoms with Gasteiger partial charge in [-0.1, -0.05) is 45.1 Å². The Kier molecular flexibility index (Phi) is 8.33. The second-order valence-electron chi connectivity index (χ2n) is 17.3. The third kappa shape index (κ3) is 4.75. The zero-order chi connectivity index (χ0) is 33.5. The van der Waals surface area contributed by atoms with Crippen LogP contribution in [0.15, 0.2) is 47.4 Å². The summed E-state index contributed by atoms with van der Waals surface area (Å²) in [4.78, 5) is 11.2. The molecule has 5 fully saturated rings. The Morgan fingerprint density at radius 1 is 0.935 bits per heavy atom. The van der Waals surface area contributed by atoms with Gasteiger partial charge in [-0.3, -0.25) is 0 Å². The Labute approximate surface area is 277 Å². The van der Waals surface area contributed by atoms with Gasteiger partial charge in [0, 0.05) is 24.8 Å². The van der Waals surface area contributed by atoms with Crippen LogP contribution in [0.25, 0.3) is 6.08 Å². The Balaban J connectivity index is 1.32. The number of allylic oxidation sites excluding steroid dienone is 1. The minimum Gasteiger partial charge on any atom is -0.478 e. The SMILES string of the molecule is C=C(C)C1CC[C@]2(CO)CC[C@]3(C)[C@H](CC[C@@H]4[C@@]5(C)CCCN(S(=O)(=O)c6ccc(/C=C/C(=O)O)cc6)C(C)(C)C5CC[C@]43C)[C@@H]12. The summed E-state index contributed by atoms with van der Waals surface area (Å²) >= 11 is 0. The molecule has 2 unspecified atom stereocenters. The van der Waals surface area contributed by atoms with Gasteiger partial charge in [0.15, 0.2) is 0 Å². The predicted octanol–water partition coefficient (Wildman–Crippen LogP) is 8.18. The molecule has 0 spiro atoms. The standard InChI is InChI=1S/C39H57NO5S/c1-26(2)29-17-21-39(25-41)23-22-37(6)30(34(29)39)14-15-32-36(5)19-8-24-40(35(3,4)31(36)18-20-38(32,37)7)46(44,45)28-12-9-27(10-13-28)11-16-33(42)43/h9-13,16,29-32,34,41H,1,8,14-15,17-25H2,2-7H3,(H,42,43)/b16-11+/t29?,30-,31?,32-,34-,36+,37-,38-,39-/m1/s1. The molecule has 1 aliphatic heterocycles. The molecule has 0 aromatic heterocycles. The molecule has 7 heteroatoms. The van der Waals surface area contributed by atoms with E-state index in [1.165, 1.54) is 30.9 Å². The van der Waals surface area contributed by atoms with Gasteiger partial charge in [0.2, 0.25) is 10.0 Å². The number of aliphatic hydroxyl groups excluding tert-OH is 1. The van der Waals surface area contributed by atoms with Crippen molar-refractivity contribution in [3.63, 3.8) is 0 Å². The van der Waals surface area contributed by atoms with Crippen molar-refractivity contribution < 1.29 is 23.4 Å². The number of nitrogens with zero attached hydrogens (tertiary/aromatic N) is 1. The molecular formula is C39H57NO5S. The normalized spacial score (nSPS) is 42.4. The lowest BCUT2D eigenvalue weighted by Gasteiger charge is -2.71. The van der Waals surface area contributed by atoms with Crippen LogP contribution >= 0.6 is 0 Å². The maximum absolute atomic E-state index is 14.3. The highest BCUT2D eigenvalue weighted by Gasteiger charge is 2.70. The third-order valence-electron chi connectivity index (χ3n) is 15.3. The highest BCUT2D eigenvalue weighted by atomic mass is 32.2. The predicted molar refractivity (Wildman–Crippen MR) is 183 cm³/mol. The molecule has 2 N–H and O–H groups in total. The van der Waals surface area contributed by atoms with Gasteiger partial charge in [-0.25, -0.2) is 13.2 Å². The van der Waals surface area contributed by atoms with E-state index in [-0.39, 0.29) is 32.5 Å². The second kappa shape index (κ2) is 11.3. The van der Waals surface area contributed by atoms with Crippen molar-refractivity contribution in [2.24, 2.45) is 51.2 Å². The summed E-state index contributed by atoms with van der Waals surface area (Å²) in [5.74, 6) is 1.32.